The standard InChI is InChI=1S/C8H10O3.Ru/c9-4-6-1-7(5-10)3-8(11)2-6;/h1-3,9-11H,4-5H2;. The zero-order valence-corrected chi connectivity index (χ0v) is 8.08. The SMILES string of the molecule is OCc1cc(O)cc(CO)c1.[Ru]. The van der Waals surface area contributed by atoms with Gasteiger partial charge in [-0.25, -0.2) is 0 Å². The van der Waals surface area contributed by atoms with E-state index in [1.807, 2.05) is 0 Å². The first-order valence-electron chi connectivity index (χ1n) is 3.30. The third-order valence-electron chi connectivity index (χ3n) is 1.40. The Morgan fingerprint density at radius 1 is 0.917 bits per heavy atom. The molecule has 3 nitrogen and oxygen atoms in total. The minimum Gasteiger partial charge on any atom is -0.508 e. The third-order valence-corrected chi connectivity index (χ3v) is 1.40. The van der Waals surface area contributed by atoms with Gasteiger partial charge in [-0.1, -0.05) is 6.07 Å². The Balaban J connectivity index is 0.00000121. The molecule has 3 N–H and O–H groups in total. The van der Waals surface area contributed by atoms with Gasteiger partial charge in [0, 0.05) is 19.5 Å². The van der Waals surface area contributed by atoms with Crippen LogP contribution in [0.3, 0.4) is 0 Å². The molecule has 0 fully saturated rings. The molecule has 12 heavy (non-hydrogen) atoms. The van der Waals surface area contributed by atoms with Crippen LogP contribution >= 0.6 is 0 Å². The Hall–Kier alpha value is -0.437. The van der Waals surface area contributed by atoms with Crippen LogP contribution in [0.1, 0.15) is 11.1 Å². The molecular formula is C8H10O3Ru. The molecule has 0 saturated carbocycles. The summed E-state index contributed by atoms with van der Waals surface area (Å²) in [5.41, 5.74) is 1.21. The van der Waals surface area contributed by atoms with E-state index in [1.54, 1.807) is 6.07 Å². The first-order valence-corrected chi connectivity index (χ1v) is 3.30. The van der Waals surface area contributed by atoms with Crippen LogP contribution < -0.4 is 0 Å². The van der Waals surface area contributed by atoms with E-state index in [0.717, 1.165) is 0 Å². The van der Waals surface area contributed by atoms with Crippen LogP contribution in [-0.4, -0.2) is 15.3 Å². The van der Waals surface area contributed by atoms with Crippen LogP contribution in [0.4, 0.5) is 0 Å². The van der Waals surface area contributed by atoms with E-state index >= 15 is 0 Å². The van der Waals surface area contributed by atoms with E-state index in [0.29, 0.717) is 11.1 Å². The average Bonchev–Trinajstić information content (AvgIpc) is 2.03. The fourth-order valence-electron chi connectivity index (χ4n) is 0.926. The largest absolute Gasteiger partial charge is 0.508 e. The Kier molecular flexibility index (Phi) is 5.06. The molecular weight excluding hydrogens is 245 g/mol. The second-order valence-corrected chi connectivity index (χ2v) is 2.32. The summed E-state index contributed by atoms with van der Waals surface area (Å²) < 4.78 is 0. The van der Waals surface area contributed by atoms with Gasteiger partial charge in [0.25, 0.3) is 0 Å². The molecule has 4 heteroatoms. The van der Waals surface area contributed by atoms with Crippen molar-refractivity contribution in [2.24, 2.45) is 0 Å². The van der Waals surface area contributed by atoms with Crippen molar-refractivity contribution in [3.8, 4) is 5.75 Å². The van der Waals surface area contributed by atoms with Crippen molar-refractivity contribution in [1.82, 2.24) is 0 Å². The number of aromatic hydroxyl groups is 1. The van der Waals surface area contributed by atoms with Gasteiger partial charge in [0.15, 0.2) is 0 Å². The van der Waals surface area contributed by atoms with E-state index in [1.165, 1.54) is 12.1 Å². The second kappa shape index (κ2) is 5.25. The molecule has 0 atom stereocenters. The van der Waals surface area contributed by atoms with Crippen LogP contribution in [0.2, 0.25) is 0 Å². The number of aliphatic hydroxyl groups is 2. The molecule has 0 saturated heterocycles. The van der Waals surface area contributed by atoms with Gasteiger partial charge in [-0.3, -0.25) is 0 Å². The topological polar surface area (TPSA) is 60.7 Å². The number of phenolic OH excluding ortho intramolecular Hbond substituents is 1. The number of hydrogen-bond donors (Lipinski definition) is 3. The van der Waals surface area contributed by atoms with Gasteiger partial charge in [0.1, 0.15) is 5.75 Å². The molecule has 0 unspecified atom stereocenters. The van der Waals surface area contributed by atoms with Crippen molar-refractivity contribution in [2.75, 3.05) is 0 Å². The molecule has 68 valence electrons. The van der Waals surface area contributed by atoms with Gasteiger partial charge in [0.2, 0.25) is 0 Å². The molecule has 1 rings (SSSR count). The minimum atomic E-state index is -0.124. The van der Waals surface area contributed by atoms with Crippen LogP contribution in [-0.2, 0) is 32.7 Å². The third kappa shape index (κ3) is 2.90. The van der Waals surface area contributed by atoms with Crippen molar-refractivity contribution in [3.63, 3.8) is 0 Å². The van der Waals surface area contributed by atoms with Gasteiger partial charge in [-0.15, -0.1) is 0 Å². The first kappa shape index (κ1) is 11.6. The molecule has 1 aromatic carbocycles. The summed E-state index contributed by atoms with van der Waals surface area (Å²) in [6.07, 6.45) is 0. The van der Waals surface area contributed by atoms with Crippen LogP contribution in [0.5, 0.6) is 5.75 Å². The molecule has 0 heterocycles. The monoisotopic (exact) mass is 256 g/mol. The fourth-order valence-corrected chi connectivity index (χ4v) is 0.926. The maximum absolute atomic E-state index is 9.03. The number of hydrogen-bond acceptors (Lipinski definition) is 3. The van der Waals surface area contributed by atoms with Crippen LogP contribution in [0.25, 0.3) is 0 Å². The summed E-state index contributed by atoms with van der Waals surface area (Å²) in [7, 11) is 0. The molecule has 0 radical (unpaired) electrons. The Labute approximate surface area is 83.4 Å². The summed E-state index contributed by atoms with van der Waals surface area (Å²) in [5.74, 6) is 0.0700. The summed E-state index contributed by atoms with van der Waals surface area (Å²) in [4.78, 5) is 0. The molecule has 0 aromatic heterocycles. The molecule has 0 spiro atoms. The van der Waals surface area contributed by atoms with E-state index in [2.05, 4.69) is 0 Å². The van der Waals surface area contributed by atoms with E-state index in [-0.39, 0.29) is 38.4 Å². The summed E-state index contributed by atoms with van der Waals surface area (Å²) in [6.45, 7) is -0.247. The number of benzene rings is 1. The summed E-state index contributed by atoms with van der Waals surface area (Å²) in [5, 5.41) is 26.4. The molecule has 1 aromatic rings. The van der Waals surface area contributed by atoms with Crippen LogP contribution in [0.15, 0.2) is 18.2 Å². The Morgan fingerprint density at radius 2 is 1.33 bits per heavy atom. The summed E-state index contributed by atoms with van der Waals surface area (Å²) in [6, 6.07) is 4.55. The maximum atomic E-state index is 9.03. The number of phenols is 1. The molecule has 0 aliphatic carbocycles. The normalized spacial score (nSPS) is 9.17. The predicted molar refractivity (Wildman–Crippen MR) is 40.0 cm³/mol. The van der Waals surface area contributed by atoms with Crippen molar-refractivity contribution in [1.29, 1.82) is 0 Å². The quantitative estimate of drug-likeness (QED) is 0.669. The maximum Gasteiger partial charge on any atom is 0.116 e. The molecule has 0 amide bonds. The number of rotatable bonds is 2. The van der Waals surface area contributed by atoms with Gasteiger partial charge in [0.05, 0.1) is 13.2 Å². The van der Waals surface area contributed by atoms with Gasteiger partial charge >= 0.3 is 0 Å². The molecule has 0 aliphatic heterocycles. The Morgan fingerprint density at radius 3 is 1.67 bits per heavy atom. The summed E-state index contributed by atoms with van der Waals surface area (Å²) >= 11 is 0. The smallest absolute Gasteiger partial charge is 0.116 e. The van der Waals surface area contributed by atoms with Crippen molar-refractivity contribution in [2.45, 2.75) is 13.2 Å². The molecule has 0 bridgehead atoms. The van der Waals surface area contributed by atoms with E-state index in [4.69, 9.17) is 15.3 Å². The zero-order chi connectivity index (χ0) is 8.27. The van der Waals surface area contributed by atoms with E-state index < -0.39 is 0 Å². The van der Waals surface area contributed by atoms with Gasteiger partial charge < -0.3 is 15.3 Å². The minimum absolute atomic E-state index is 0. The van der Waals surface area contributed by atoms with Crippen molar-refractivity contribution < 1.29 is 34.8 Å². The first-order chi connectivity index (χ1) is 5.26. The van der Waals surface area contributed by atoms with Crippen molar-refractivity contribution >= 4 is 0 Å². The van der Waals surface area contributed by atoms with Gasteiger partial charge in [-0.05, 0) is 23.3 Å². The molecule has 0 aliphatic rings. The predicted octanol–water partition coefficient (Wildman–Crippen LogP) is 0.374. The Bertz CT molecular complexity index is 228. The average molecular weight is 255 g/mol. The van der Waals surface area contributed by atoms with Gasteiger partial charge in [-0.2, -0.15) is 0 Å². The zero-order valence-electron chi connectivity index (χ0n) is 6.34. The second-order valence-electron chi connectivity index (χ2n) is 2.32. The van der Waals surface area contributed by atoms with Crippen molar-refractivity contribution in [3.05, 3.63) is 29.3 Å². The fraction of sp³-hybridized carbons (Fsp3) is 0.250. The number of aliphatic hydroxyl groups excluding tert-OH is 2. The van der Waals surface area contributed by atoms with E-state index in [9.17, 15) is 0 Å². The van der Waals surface area contributed by atoms with Crippen LogP contribution in [0, 0.1) is 0 Å².